The lowest BCUT2D eigenvalue weighted by molar-refractivity contribution is -0.122. The summed E-state index contributed by atoms with van der Waals surface area (Å²) < 4.78 is 5.86. The van der Waals surface area contributed by atoms with Gasteiger partial charge >= 0.3 is 0 Å². The zero-order valence-corrected chi connectivity index (χ0v) is 14.2. The number of likely N-dealkylation sites (tertiary alicyclic amines) is 1. The van der Waals surface area contributed by atoms with Crippen molar-refractivity contribution in [1.82, 2.24) is 4.90 Å². The molecule has 1 saturated heterocycles. The molecule has 2 N–H and O–H groups in total. The Morgan fingerprint density at radius 3 is 2.79 bits per heavy atom. The topological polar surface area (TPSA) is 55.6 Å². The van der Waals surface area contributed by atoms with Crippen LogP contribution in [0.4, 0.5) is 0 Å². The van der Waals surface area contributed by atoms with E-state index in [1.54, 1.807) is 0 Å². The maximum atomic E-state index is 11.5. The number of carbonyl (C=O) groups is 1. The third-order valence-corrected chi connectivity index (χ3v) is 4.51. The number of carbonyl (C=O) groups excluding carboxylic acids is 1. The predicted molar refractivity (Wildman–Crippen MR) is 94.9 cm³/mol. The summed E-state index contributed by atoms with van der Waals surface area (Å²) in [6.07, 6.45) is 1.86. The van der Waals surface area contributed by atoms with Crippen molar-refractivity contribution in [3.05, 3.63) is 64.7 Å². The monoisotopic (exact) mass is 344 g/mol. The van der Waals surface area contributed by atoms with Crippen LogP contribution >= 0.6 is 11.6 Å². The summed E-state index contributed by atoms with van der Waals surface area (Å²) in [6, 6.07) is 15.4. The molecule has 5 heteroatoms. The fraction of sp³-hybridized carbons (Fsp3) is 0.316. The lowest BCUT2D eigenvalue weighted by Gasteiger charge is -2.22. The summed E-state index contributed by atoms with van der Waals surface area (Å²) in [6.45, 7) is 2.08. The quantitative estimate of drug-likeness (QED) is 0.874. The van der Waals surface area contributed by atoms with Crippen LogP contribution < -0.4 is 10.5 Å². The van der Waals surface area contributed by atoms with Crippen LogP contribution in [0.25, 0.3) is 0 Å². The fourth-order valence-corrected chi connectivity index (χ4v) is 3.31. The lowest BCUT2D eigenvalue weighted by Crippen LogP contribution is -2.39. The van der Waals surface area contributed by atoms with Crippen molar-refractivity contribution in [2.45, 2.75) is 32.0 Å². The van der Waals surface area contributed by atoms with Crippen LogP contribution in [0.3, 0.4) is 0 Å². The minimum absolute atomic E-state index is 0.152. The highest BCUT2D eigenvalue weighted by molar-refractivity contribution is 6.30. The molecule has 3 rings (SSSR count). The van der Waals surface area contributed by atoms with Gasteiger partial charge in [-0.05, 0) is 54.8 Å². The van der Waals surface area contributed by atoms with Gasteiger partial charge < -0.3 is 10.5 Å². The van der Waals surface area contributed by atoms with Crippen LogP contribution in [-0.4, -0.2) is 23.4 Å². The van der Waals surface area contributed by atoms with Crippen molar-refractivity contribution in [1.29, 1.82) is 0 Å². The van der Waals surface area contributed by atoms with Gasteiger partial charge in [0.1, 0.15) is 12.4 Å². The SMILES string of the molecule is NC(=O)[C@@H]1CCCN1Cc1cccc(OCc2cccc(Cl)c2)c1. The lowest BCUT2D eigenvalue weighted by atomic mass is 10.1. The maximum absolute atomic E-state index is 11.5. The summed E-state index contributed by atoms with van der Waals surface area (Å²) >= 11 is 5.99. The molecule has 1 fully saturated rings. The van der Waals surface area contributed by atoms with Gasteiger partial charge in [-0.3, -0.25) is 9.69 Å². The van der Waals surface area contributed by atoms with Gasteiger partial charge in [0.15, 0.2) is 0 Å². The van der Waals surface area contributed by atoms with Crippen molar-refractivity contribution >= 4 is 17.5 Å². The van der Waals surface area contributed by atoms with Crippen LogP contribution in [0.5, 0.6) is 5.75 Å². The normalized spacial score (nSPS) is 17.8. The first-order valence-electron chi connectivity index (χ1n) is 8.11. The first kappa shape index (κ1) is 16.8. The van der Waals surface area contributed by atoms with Crippen molar-refractivity contribution in [3.63, 3.8) is 0 Å². The predicted octanol–water partition coefficient (Wildman–Crippen LogP) is 3.37. The van der Waals surface area contributed by atoms with Crippen LogP contribution in [0.15, 0.2) is 48.5 Å². The van der Waals surface area contributed by atoms with E-state index in [1.807, 2.05) is 48.5 Å². The van der Waals surface area contributed by atoms with E-state index in [9.17, 15) is 4.79 Å². The van der Waals surface area contributed by atoms with E-state index in [0.29, 0.717) is 18.2 Å². The van der Waals surface area contributed by atoms with E-state index >= 15 is 0 Å². The Labute approximate surface area is 147 Å². The summed E-state index contributed by atoms with van der Waals surface area (Å²) in [5.41, 5.74) is 7.63. The van der Waals surface area contributed by atoms with Crippen LogP contribution in [-0.2, 0) is 17.9 Å². The average Bonchev–Trinajstić information content (AvgIpc) is 3.02. The molecule has 0 radical (unpaired) electrons. The zero-order chi connectivity index (χ0) is 16.9. The Kier molecular flexibility index (Phi) is 5.38. The fourth-order valence-electron chi connectivity index (χ4n) is 3.10. The van der Waals surface area contributed by atoms with Gasteiger partial charge in [0, 0.05) is 11.6 Å². The van der Waals surface area contributed by atoms with Gasteiger partial charge in [0.25, 0.3) is 0 Å². The highest BCUT2D eigenvalue weighted by atomic mass is 35.5. The Balaban J connectivity index is 1.62. The Hall–Kier alpha value is -2.04. The van der Waals surface area contributed by atoms with Gasteiger partial charge in [0.2, 0.25) is 5.91 Å². The number of hydrogen-bond acceptors (Lipinski definition) is 3. The molecule has 0 aromatic heterocycles. The van der Waals surface area contributed by atoms with E-state index in [4.69, 9.17) is 22.1 Å². The third-order valence-electron chi connectivity index (χ3n) is 4.27. The smallest absolute Gasteiger partial charge is 0.234 e. The number of nitrogens with two attached hydrogens (primary N) is 1. The molecule has 0 aliphatic carbocycles. The molecule has 0 bridgehead atoms. The van der Waals surface area contributed by atoms with Gasteiger partial charge in [-0.1, -0.05) is 35.9 Å². The number of hydrogen-bond donors (Lipinski definition) is 1. The molecular weight excluding hydrogens is 324 g/mol. The molecule has 126 valence electrons. The van der Waals surface area contributed by atoms with Crippen molar-refractivity contribution in [2.75, 3.05) is 6.54 Å². The average molecular weight is 345 g/mol. The first-order chi connectivity index (χ1) is 11.6. The van der Waals surface area contributed by atoms with Gasteiger partial charge in [0.05, 0.1) is 6.04 Å². The first-order valence-corrected chi connectivity index (χ1v) is 8.49. The molecule has 0 spiro atoms. The molecule has 24 heavy (non-hydrogen) atoms. The number of nitrogens with zero attached hydrogens (tertiary/aromatic N) is 1. The molecule has 1 aliphatic heterocycles. The van der Waals surface area contributed by atoms with Gasteiger partial charge in [-0.15, -0.1) is 0 Å². The maximum Gasteiger partial charge on any atom is 0.234 e. The summed E-state index contributed by atoms with van der Waals surface area (Å²) in [5.74, 6) is 0.572. The summed E-state index contributed by atoms with van der Waals surface area (Å²) in [7, 11) is 0. The molecule has 2 aromatic rings. The largest absolute Gasteiger partial charge is 0.489 e. The Morgan fingerprint density at radius 1 is 1.21 bits per heavy atom. The van der Waals surface area contributed by atoms with Crippen molar-refractivity contribution in [3.8, 4) is 5.75 Å². The molecule has 1 atom stereocenters. The van der Waals surface area contributed by atoms with E-state index in [-0.39, 0.29) is 11.9 Å². The molecule has 1 amide bonds. The number of amides is 1. The molecule has 0 unspecified atom stereocenters. The van der Waals surface area contributed by atoms with Gasteiger partial charge in [-0.2, -0.15) is 0 Å². The Bertz CT molecular complexity index is 720. The minimum atomic E-state index is -0.235. The molecule has 4 nitrogen and oxygen atoms in total. The van der Waals surface area contributed by atoms with E-state index in [1.165, 1.54) is 0 Å². The van der Waals surface area contributed by atoms with E-state index < -0.39 is 0 Å². The van der Waals surface area contributed by atoms with Gasteiger partial charge in [-0.25, -0.2) is 0 Å². The van der Waals surface area contributed by atoms with Crippen molar-refractivity contribution in [2.24, 2.45) is 5.73 Å². The molecule has 1 aliphatic rings. The highest BCUT2D eigenvalue weighted by Gasteiger charge is 2.28. The van der Waals surface area contributed by atoms with E-state index in [2.05, 4.69) is 4.90 Å². The van der Waals surface area contributed by atoms with Crippen molar-refractivity contribution < 1.29 is 9.53 Å². The standard InChI is InChI=1S/C19H21ClN2O2/c20-16-6-1-5-15(10-16)13-24-17-7-2-4-14(11-17)12-22-9-3-8-18(22)19(21)23/h1-2,4-7,10-11,18H,3,8-9,12-13H2,(H2,21,23)/t18-/m0/s1. The summed E-state index contributed by atoms with van der Waals surface area (Å²) in [5, 5.41) is 0.705. The van der Waals surface area contributed by atoms with Crippen LogP contribution in [0.1, 0.15) is 24.0 Å². The molecule has 1 heterocycles. The second-order valence-corrected chi connectivity index (χ2v) is 6.53. The minimum Gasteiger partial charge on any atom is -0.489 e. The molecule has 0 saturated carbocycles. The second kappa shape index (κ2) is 7.69. The highest BCUT2D eigenvalue weighted by Crippen LogP contribution is 2.22. The second-order valence-electron chi connectivity index (χ2n) is 6.10. The number of primary amides is 1. The molecule has 2 aromatic carbocycles. The molecular formula is C19H21ClN2O2. The number of ether oxygens (including phenoxy) is 1. The number of rotatable bonds is 6. The van der Waals surface area contributed by atoms with E-state index in [0.717, 1.165) is 36.3 Å². The summed E-state index contributed by atoms with van der Waals surface area (Å²) in [4.78, 5) is 13.6. The Morgan fingerprint density at radius 2 is 2.00 bits per heavy atom. The third kappa shape index (κ3) is 4.28. The zero-order valence-electron chi connectivity index (χ0n) is 13.5. The van der Waals surface area contributed by atoms with Crippen LogP contribution in [0.2, 0.25) is 5.02 Å². The number of benzene rings is 2. The number of halogens is 1. The van der Waals surface area contributed by atoms with Crippen LogP contribution in [0, 0.1) is 0 Å².